The quantitative estimate of drug-likeness (QED) is 0.828. The van der Waals surface area contributed by atoms with E-state index in [1.165, 1.54) is 16.7 Å². The minimum atomic E-state index is -0.329. The number of carbonyl (C=O) groups is 2. The van der Waals surface area contributed by atoms with E-state index in [9.17, 15) is 9.59 Å². The predicted molar refractivity (Wildman–Crippen MR) is 75.5 cm³/mol. The minimum absolute atomic E-state index is 0.148. The van der Waals surface area contributed by atoms with Crippen molar-refractivity contribution in [2.75, 3.05) is 18.8 Å². The monoisotopic (exact) mass is 309 g/mol. The number of aromatic amines is 1. The highest BCUT2D eigenvalue weighted by Gasteiger charge is 2.26. The third-order valence-electron chi connectivity index (χ3n) is 2.70. The number of aromatic nitrogens is 3. The lowest BCUT2D eigenvalue weighted by Crippen LogP contribution is -2.35. The van der Waals surface area contributed by atoms with E-state index in [-0.39, 0.29) is 17.7 Å². The van der Waals surface area contributed by atoms with Gasteiger partial charge in [0, 0.05) is 13.1 Å². The molecule has 1 aliphatic rings. The van der Waals surface area contributed by atoms with Crippen molar-refractivity contribution in [3.05, 3.63) is 17.5 Å². The maximum absolute atomic E-state index is 11.8. The van der Waals surface area contributed by atoms with Crippen LogP contribution in [0, 0.1) is 0 Å². The van der Waals surface area contributed by atoms with Crippen molar-refractivity contribution in [2.24, 2.45) is 0 Å². The number of H-pyrrole nitrogens is 1. The Morgan fingerprint density at radius 2 is 2.45 bits per heavy atom. The third kappa shape index (κ3) is 2.68. The van der Waals surface area contributed by atoms with Crippen LogP contribution in [-0.4, -0.2) is 50.9 Å². The molecule has 0 atom stereocenters. The molecule has 7 nitrogen and oxygen atoms in total. The van der Waals surface area contributed by atoms with Gasteiger partial charge >= 0.3 is 6.03 Å². The number of nitrogens with one attached hydrogen (secondary N) is 2. The first-order valence-corrected chi connectivity index (χ1v) is 7.78. The number of thiophene rings is 1. The topological polar surface area (TPSA) is 91.0 Å². The summed E-state index contributed by atoms with van der Waals surface area (Å²) in [6.07, 6.45) is 0. The van der Waals surface area contributed by atoms with Gasteiger partial charge in [-0.25, -0.2) is 9.78 Å². The lowest BCUT2D eigenvalue weighted by Gasteiger charge is -2.10. The fraction of sp³-hybridized carbons (Fsp3) is 0.273. The van der Waals surface area contributed by atoms with Gasteiger partial charge in [0.2, 0.25) is 11.1 Å². The van der Waals surface area contributed by atoms with Crippen LogP contribution in [0.1, 0.15) is 0 Å². The molecule has 1 saturated heterocycles. The van der Waals surface area contributed by atoms with Gasteiger partial charge in [-0.05, 0) is 11.4 Å². The van der Waals surface area contributed by atoms with Crippen molar-refractivity contribution in [1.29, 1.82) is 0 Å². The average molecular weight is 309 g/mol. The number of urea groups is 1. The molecule has 3 rings (SSSR count). The van der Waals surface area contributed by atoms with Crippen molar-refractivity contribution in [1.82, 2.24) is 25.4 Å². The van der Waals surface area contributed by atoms with Gasteiger partial charge in [0.1, 0.15) is 0 Å². The SMILES string of the molecule is O=C(CSc1n[nH]c(-c2cccs2)n1)N1CCNC1=O. The van der Waals surface area contributed by atoms with Gasteiger partial charge in [-0.2, -0.15) is 0 Å². The van der Waals surface area contributed by atoms with E-state index in [1.807, 2.05) is 17.5 Å². The van der Waals surface area contributed by atoms with Crippen LogP contribution in [0.25, 0.3) is 10.7 Å². The molecule has 2 aromatic rings. The van der Waals surface area contributed by atoms with Gasteiger partial charge in [-0.15, -0.1) is 16.4 Å². The Bertz CT molecular complexity index is 625. The number of rotatable bonds is 4. The summed E-state index contributed by atoms with van der Waals surface area (Å²) in [5.74, 6) is 0.608. The molecule has 2 aromatic heterocycles. The summed E-state index contributed by atoms with van der Waals surface area (Å²) in [6, 6.07) is 3.55. The van der Waals surface area contributed by atoms with E-state index in [4.69, 9.17) is 0 Å². The zero-order chi connectivity index (χ0) is 13.9. The summed E-state index contributed by atoms with van der Waals surface area (Å²) in [5.41, 5.74) is 0. The van der Waals surface area contributed by atoms with Crippen molar-refractivity contribution < 1.29 is 9.59 Å². The minimum Gasteiger partial charge on any atom is -0.336 e. The molecule has 0 aliphatic carbocycles. The first kappa shape index (κ1) is 13.1. The molecule has 20 heavy (non-hydrogen) atoms. The molecule has 0 bridgehead atoms. The molecule has 1 fully saturated rings. The Balaban J connectivity index is 1.59. The molecule has 3 heterocycles. The van der Waals surface area contributed by atoms with E-state index in [0.717, 1.165) is 4.88 Å². The molecule has 1 aliphatic heterocycles. The number of nitrogens with zero attached hydrogens (tertiary/aromatic N) is 3. The second-order valence-electron chi connectivity index (χ2n) is 4.01. The van der Waals surface area contributed by atoms with E-state index in [0.29, 0.717) is 24.1 Å². The third-order valence-corrected chi connectivity index (χ3v) is 4.41. The predicted octanol–water partition coefficient (Wildman–Crippen LogP) is 1.18. The molecule has 0 spiro atoms. The number of hydrogen-bond acceptors (Lipinski definition) is 6. The van der Waals surface area contributed by atoms with Crippen LogP contribution in [-0.2, 0) is 4.79 Å². The van der Waals surface area contributed by atoms with Gasteiger partial charge in [0.05, 0.1) is 10.6 Å². The summed E-state index contributed by atoms with van der Waals surface area (Å²) >= 11 is 2.78. The Morgan fingerprint density at radius 3 is 3.15 bits per heavy atom. The van der Waals surface area contributed by atoms with Crippen LogP contribution in [0.5, 0.6) is 0 Å². The second kappa shape index (κ2) is 5.63. The lowest BCUT2D eigenvalue weighted by molar-refractivity contribution is -0.124. The van der Waals surface area contributed by atoms with Crippen molar-refractivity contribution >= 4 is 35.0 Å². The lowest BCUT2D eigenvalue weighted by atomic mass is 10.4. The molecule has 104 valence electrons. The van der Waals surface area contributed by atoms with E-state index in [2.05, 4.69) is 20.5 Å². The highest BCUT2D eigenvalue weighted by atomic mass is 32.2. The highest BCUT2D eigenvalue weighted by molar-refractivity contribution is 7.99. The van der Waals surface area contributed by atoms with Gasteiger partial charge in [-0.1, -0.05) is 17.8 Å². The summed E-state index contributed by atoms with van der Waals surface area (Å²) in [6.45, 7) is 0.936. The maximum Gasteiger partial charge on any atom is 0.324 e. The molecule has 0 saturated carbocycles. The molecule has 9 heteroatoms. The molecular formula is C11H11N5O2S2. The van der Waals surface area contributed by atoms with Gasteiger partial charge in [-0.3, -0.25) is 14.8 Å². The van der Waals surface area contributed by atoms with Crippen molar-refractivity contribution in [3.8, 4) is 10.7 Å². The van der Waals surface area contributed by atoms with Gasteiger partial charge < -0.3 is 5.32 Å². The fourth-order valence-electron chi connectivity index (χ4n) is 1.75. The summed E-state index contributed by atoms with van der Waals surface area (Å²) in [7, 11) is 0. The molecule has 2 N–H and O–H groups in total. The molecule has 0 unspecified atom stereocenters. The van der Waals surface area contributed by atoms with Crippen LogP contribution >= 0.6 is 23.1 Å². The Kier molecular flexibility index (Phi) is 3.70. The fourth-order valence-corrected chi connectivity index (χ4v) is 3.09. The molecule has 0 radical (unpaired) electrons. The molecule has 0 aromatic carbocycles. The molecular weight excluding hydrogens is 298 g/mol. The second-order valence-corrected chi connectivity index (χ2v) is 5.90. The number of thioether (sulfide) groups is 1. The zero-order valence-electron chi connectivity index (χ0n) is 10.3. The van der Waals surface area contributed by atoms with E-state index >= 15 is 0 Å². The standard InChI is InChI=1S/C11H11N5O2S2/c17-8(16-4-3-12-11(16)18)6-20-10-13-9(14-15-10)7-2-1-5-19-7/h1-2,5H,3-4,6H2,(H,12,18)(H,13,14,15). The number of hydrogen-bond donors (Lipinski definition) is 2. The largest absolute Gasteiger partial charge is 0.336 e. The number of carbonyl (C=O) groups excluding carboxylic acids is 2. The summed E-state index contributed by atoms with van der Waals surface area (Å²) in [5, 5.41) is 11.9. The smallest absolute Gasteiger partial charge is 0.324 e. The Labute approximate surface area is 122 Å². The number of imide groups is 1. The van der Waals surface area contributed by atoms with E-state index < -0.39 is 0 Å². The number of amides is 3. The zero-order valence-corrected chi connectivity index (χ0v) is 12.0. The van der Waals surface area contributed by atoms with Gasteiger partial charge in [0.15, 0.2) is 5.82 Å². The summed E-state index contributed by atoms with van der Waals surface area (Å²) < 4.78 is 0. The van der Waals surface area contributed by atoms with E-state index in [1.54, 1.807) is 11.3 Å². The average Bonchev–Trinajstić information content (AvgIpc) is 3.16. The molecule has 3 amide bonds. The van der Waals surface area contributed by atoms with Crippen molar-refractivity contribution in [3.63, 3.8) is 0 Å². The van der Waals surface area contributed by atoms with Crippen LogP contribution < -0.4 is 5.32 Å². The van der Waals surface area contributed by atoms with Crippen LogP contribution in [0.2, 0.25) is 0 Å². The Hall–Kier alpha value is -1.87. The van der Waals surface area contributed by atoms with Crippen LogP contribution in [0.3, 0.4) is 0 Å². The highest BCUT2D eigenvalue weighted by Crippen LogP contribution is 2.23. The normalized spacial score (nSPS) is 14.6. The van der Waals surface area contributed by atoms with Crippen molar-refractivity contribution in [2.45, 2.75) is 5.16 Å². The first-order chi connectivity index (χ1) is 9.74. The van der Waals surface area contributed by atoms with Crippen LogP contribution in [0.15, 0.2) is 22.7 Å². The maximum atomic E-state index is 11.8. The van der Waals surface area contributed by atoms with Gasteiger partial charge in [0.25, 0.3) is 0 Å². The summed E-state index contributed by atoms with van der Waals surface area (Å²) in [4.78, 5) is 29.7. The van der Waals surface area contributed by atoms with Crippen LogP contribution in [0.4, 0.5) is 4.79 Å². The Morgan fingerprint density at radius 1 is 1.55 bits per heavy atom. The first-order valence-electron chi connectivity index (χ1n) is 5.91.